The summed E-state index contributed by atoms with van der Waals surface area (Å²) >= 11 is 5.52. The summed E-state index contributed by atoms with van der Waals surface area (Å²) in [4.78, 5) is 28.8. The largest absolute Gasteiger partial charge is 0.405 e. The van der Waals surface area contributed by atoms with Gasteiger partial charge >= 0.3 is 11.9 Å². The van der Waals surface area contributed by atoms with E-state index in [1.54, 1.807) is 5.32 Å². The Hall–Kier alpha value is -2.17. The van der Waals surface area contributed by atoms with E-state index >= 15 is 0 Å². The first-order valence-corrected chi connectivity index (χ1v) is 6.10. The van der Waals surface area contributed by atoms with Gasteiger partial charge in [-0.15, -0.1) is 0 Å². The van der Waals surface area contributed by atoms with Crippen molar-refractivity contribution in [3.05, 3.63) is 21.6 Å². The second-order valence-electron chi connectivity index (χ2n) is 4.68. The third-order valence-electron chi connectivity index (χ3n) is 2.38. The van der Waals surface area contributed by atoms with E-state index in [2.05, 4.69) is 15.3 Å². The molecule has 1 rings (SSSR count). The Bertz CT molecular complexity index is 594. The van der Waals surface area contributed by atoms with Crippen molar-refractivity contribution in [1.82, 2.24) is 15.3 Å². The zero-order valence-electron chi connectivity index (χ0n) is 11.4. The minimum Gasteiger partial charge on any atom is -0.350 e. The van der Waals surface area contributed by atoms with E-state index in [4.69, 9.17) is 11.6 Å². The fraction of sp³-hybridized carbons (Fsp3) is 0.500. The molecule has 0 saturated carbocycles. The summed E-state index contributed by atoms with van der Waals surface area (Å²) in [6.07, 6.45) is -3.75. The summed E-state index contributed by atoms with van der Waals surface area (Å²) in [7, 11) is 0. The molecule has 122 valence electrons. The predicted octanol–water partition coefficient (Wildman–Crippen LogP) is 1.91. The lowest BCUT2D eigenvalue weighted by Gasteiger charge is -2.25. The zero-order chi connectivity index (χ0) is 17.1. The summed E-state index contributed by atoms with van der Waals surface area (Å²) in [5.74, 6) is -1.40. The van der Waals surface area contributed by atoms with E-state index in [0.717, 1.165) is 6.20 Å². The van der Waals surface area contributed by atoms with Crippen LogP contribution >= 0.6 is 11.6 Å². The van der Waals surface area contributed by atoms with Gasteiger partial charge in [0.25, 0.3) is 0 Å². The molecule has 0 unspecified atom stereocenters. The molecule has 12 heteroatoms. The molecule has 0 spiro atoms. The van der Waals surface area contributed by atoms with Gasteiger partial charge in [-0.05, 0) is 25.4 Å². The highest BCUT2D eigenvalue weighted by atomic mass is 35.5. The Morgan fingerprint density at radius 3 is 2.55 bits per heavy atom. The average molecular weight is 342 g/mol. The zero-order valence-corrected chi connectivity index (χ0v) is 12.1. The number of nitrogens with zero attached hydrogens (tertiary/aromatic N) is 3. The van der Waals surface area contributed by atoms with Crippen LogP contribution in [0.25, 0.3) is 0 Å². The van der Waals surface area contributed by atoms with Gasteiger partial charge in [-0.25, -0.2) is 4.98 Å². The third kappa shape index (κ3) is 4.98. The van der Waals surface area contributed by atoms with E-state index in [1.165, 1.54) is 13.8 Å². The number of aromatic nitrogens is 2. The maximum absolute atomic E-state index is 12.1. The molecule has 0 aromatic carbocycles. The molecule has 0 saturated heterocycles. The number of nitrogens with one attached hydrogen (secondary N) is 2. The molecule has 0 aliphatic heterocycles. The molecule has 0 aliphatic rings. The molecular weight excluding hydrogens is 331 g/mol. The number of carbonyl (C=O) groups excluding carboxylic acids is 1. The van der Waals surface area contributed by atoms with Crippen molar-refractivity contribution in [3.8, 4) is 0 Å². The van der Waals surface area contributed by atoms with E-state index in [1.807, 2.05) is 0 Å². The summed E-state index contributed by atoms with van der Waals surface area (Å²) in [6, 6.07) is 0. The van der Waals surface area contributed by atoms with Crippen LogP contribution in [0.4, 0.5) is 24.7 Å². The molecule has 1 aromatic rings. The SMILES string of the molecule is CC(C)(Nc1nc(Cl)ncc1[N+](=O)[O-])C(=O)NCC(F)(F)F. The van der Waals surface area contributed by atoms with Gasteiger partial charge in [0.05, 0.1) is 4.92 Å². The van der Waals surface area contributed by atoms with Crippen molar-refractivity contribution in [2.24, 2.45) is 0 Å². The van der Waals surface area contributed by atoms with Gasteiger partial charge in [-0.1, -0.05) is 0 Å². The van der Waals surface area contributed by atoms with Crippen LogP contribution in [-0.2, 0) is 4.79 Å². The Kier molecular flexibility index (Phi) is 5.12. The number of rotatable bonds is 5. The monoisotopic (exact) mass is 341 g/mol. The highest BCUT2D eigenvalue weighted by molar-refractivity contribution is 6.28. The maximum atomic E-state index is 12.1. The minimum absolute atomic E-state index is 0.320. The molecule has 2 N–H and O–H groups in total. The molecule has 0 bridgehead atoms. The van der Waals surface area contributed by atoms with Crippen molar-refractivity contribution in [2.75, 3.05) is 11.9 Å². The van der Waals surface area contributed by atoms with E-state index in [9.17, 15) is 28.1 Å². The Balaban J connectivity index is 2.94. The van der Waals surface area contributed by atoms with Crippen LogP contribution in [0.5, 0.6) is 0 Å². The predicted molar refractivity (Wildman–Crippen MR) is 70.5 cm³/mol. The average Bonchev–Trinajstić information content (AvgIpc) is 2.34. The van der Waals surface area contributed by atoms with Crippen LogP contribution in [0.15, 0.2) is 6.20 Å². The summed E-state index contributed by atoms with van der Waals surface area (Å²) in [5, 5.41) is 14.6. The second-order valence-corrected chi connectivity index (χ2v) is 5.02. The van der Waals surface area contributed by atoms with E-state index in [-0.39, 0.29) is 11.1 Å². The molecule has 1 aromatic heterocycles. The topological polar surface area (TPSA) is 110 Å². The lowest BCUT2D eigenvalue weighted by Crippen LogP contribution is -2.50. The molecule has 1 amide bonds. The van der Waals surface area contributed by atoms with Gasteiger partial charge in [0.15, 0.2) is 0 Å². The van der Waals surface area contributed by atoms with Crippen molar-refractivity contribution < 1.29 is 22.9 Å². The standard InChI is InChI=1S/C10H11ClF3N5O3/c1-9(2,7(20)16-4-10(12,13)14)18-6-5(19(21)22)3-15-8(11)17-6/h3H,4H2,1-2H3,(H,16,20)(H,15,17,18). The van der Waals surface area contributed by atoms with Gasteiger partial charge in [-0.2, -0.15) is 18.2 Å². The van der Waals surface area contributed by atoms with Crippen LogP contribution in [0.1, 0.15) is 13.8 Å². The van der Waals surface area contributed by atoms with Crippen molar-refractivity contribution in [2.45, 2.75) is 25.6 Å². The fourth-order valence-electron chi connectivity index (χ4n) is 1.33. The quantitative estimate of drug-likeness (QED) is 0.481. The van der Waals surface area contributed by atoms with Crippen molar-refractivity contribution in [1.29, 1.82) is 0 Å². The van der Waals surface area contributed by atoms with Crippen molar-refractivity contribution in [3.63, 3.8) is 0 Å². The van der Waals surface area contributed by atoms with Crippen LogP contribution in [0.2, 0.25) is 5.28 Å². The highest BCUT2D eigenvalue weighted by Gasteiger charge is 2.34. The van der Waals surface area contributed by atoms with Crippen LogP contribution < -0.4 is 10.6 Å². The number of alkyl halides is 3. The summed E-state index contributed by atoms with van der Waals surface area (Å²) < 4.78 is 36.3. The maximum Gasteiger partial charge on any atom is 0.405 e. The summed E-state index contributed by atoms with van der Waals surface area (Å²) in [6.45, 7) is 0.945. The Morgan fingerprint density at radius 2 is 2.05 bits per heavy atom. The van der Waals surface area contributed by atoms with Gasteiger partial charge in [0.1, 0.15) is 18.3 Å². The smallest absolute Gasteiger partial charge is 0.350 e. The summed E-state index contributed by atoms with van der Waals surface area (Å²) in [5.41, 5.74) is -2.17. The number of nitro groups is 1. The molecule has 0 radical (unpaired) electrons. The number of carbonyl (C=O) groups is 1. The van der Waals surface area contributed by atoms with Gasteiger partial charge in [0.2, 0.25) is 17.0 Å². The lowest BCUT2D eigenvalue weighted by molar-refractivity contribution is -0.384. The van der Waals surface area contributed by atoms with Gasteiger partial charge in [-0.3, -0.25) is 14.9 Å². The Morgan fingerprint density at radius 1 is 1.45 bits per heavy atom. The molecule has 0 aliphatic carbocycles. The molecule has 22 heavy (non-hydrogen) atoms. The first-order chi connectivity index (χ1) is 9.92. The van der Waals surface area contributed by atoms with Crippen LogP contribution in [0.3, 0.4) is 0 Å². The van der Waals surface area contributed by atoms with Crippen LogP contribution in [-0.4, -0.2) is 39.1 Å². The number of anilines is 1. The van der Waals surface area contributed by atoms with E-state index in [0.29, 0.717) is 0 Å². The van der Waals surface area contributed by atoms with Gasteiger partial charge < -0.3 is 10.6 Å². The number of halogens is 4. The fourth-order valence-corrected chi connectivity index (χ4v) is 1.47. The van der Waals surface area contributed by atoms with E-state index < -0.39 is 34.8 Å². The number of amides is 1. The Labute approximate surface area is 127 Å². The number of hydrogen-bond donors (Lipinski definition) is 2. The number of hydrogen-bond acceptors (Lipinski definition) is 6. The second kappa shape index (κ2) is 6.30. The molecular formula is C10H11ClF3N5O3. The first-order valence-electron chi connectivity index (χ1n) is 5.72. The van der Waals surface area contributed by atoms with Gasteiger partial charge in [0, 0.05) is 0 Å². The lowest BCUT2D eigenvalue weighted by atomic mass is 10.0. The highest BCUT2D eigenvalue weighted by Crippen LogP contribution is 2.25. The molecule has 1 heterocycles. The third-order valence-corrected chi connectivity index (χ3v) is 2.57. The molecule has 0 fully saturated rings. The normalized spacial score (nSPS) is 11.9. The minimum atomic E-state index is -4.57. The molecule has 8 nitrogen and oxygen atoms in total. The van der Waals surface area contributed by atoms with Crippen molar-refractivity contribution >= 4 is 29.0 Å². The molecule has 0 atom stereocenters. The first kappa shape index (κ1) is 17.9. The van der Waals surface area contributed by atoms with Crippen LogP contribution in [0, 0.1) is 10.1 Å².